The second-order valence-corrected chi connectivity index (χ2v) is 7.41. The van der Waals surface area contributed by atoms with E-state index in [1.165, 1.54) is 5.56 Å². The van der Waals surface area contributed by atoms with Crippen LogP contribution in [0.1, 0.15) is 24.8 Å². The van der Waals surface area contributed by atoms with Crippen molar-refractivity contribution in [2.24, 2.45) is 5.92 Å². The number of rotatable bonds is 3. The molecule has 6 heteroatoms. The highest BCUT2D eigenvalue weighted by molar-refractivity contribution is 5.88. The first-order valence-electron chi connectivity index (χ1n) is 9.06. The lowest BCUT2D eigenvalue weighted by molar-refractivity contribution is -0.146. The van der Waals surface area contributed by atoms with Crippen molar-refractivity contribution in [1.29, 1.82) is 0 Å². The summed E-state index contributed by atoms with van der Waals surface area (Å²) in [5.74, 6) is -1.49. The number of aromatic nitrogens is 1. The Morgan fingerprint density at radius 2 is 2.04 bits per heavy atom. The quantitative estimate of drug-likeness (QED) is 0.915. The van der Waals surface area contributed by atoms with Crippen LogP contribution in [0.4, 0.5) is 0 Å². The monoisotopic (exact) mass is 353 g/mol. The molecule has 4 rings (SSSR count). The van der Waals surface area contributed by atoms with E-state index in [1.54, 1.807) is 18.1 Å². The zero-order valence-electron chi connectivity index (χ0n) is 14.9. The summed E-state index contributed by atoms with van der Waals surface area (Å²) in [6, 6.07) is 10.2. The minimum Gasteiger partial charge on any atom is -0.481 e. The molecule has 2 aromatic rings. The van der Waals surface area contributed by atoms with E-state index in [2.05, 4.69) is 22.0 Å². The first-order valence-corrected chi connectivity index (χ1v) is 9.06. The van der Waals surface area contributed by atoms with E-state index in [9.17, 15) is 14.7 Å². The number of benzene rings is 1. The van der Waals surface area contributed by atoms with E-state index in [4.69, 9.17) is 0 Å². The Morgan fingerprint density at radius 1 is 1.27 bits per heavy atom. The zero-order valence-corrected chi connectivity index (χ0v) is 14.9. The molecular formula is C20H23N3O3. The molecule has 1 N–H and O–H groups in total. The third-order valence-electron chi connectivity index (χ3n) is 6.22. The average Bonchev–Trinajstić information content (AvgIpc) is 2.89. The molecule has 26 heavy (non-hydrogen) atoms. The Morgan fingerprint density at radius 3 is 2.77 bits per heavy atom. The lowest BCUT2D eigenvalue weighted by Crippen LogP contribution is -2.55. The highest BCUT2D eigenvalue weighted by atomic mass is 16.4. The fourth-order valence-electron chi connectivity index (χ4n) is 4.63. The number of carbonyl (C=O) groups excluding carboxylic acids is 1. The van der Waals surface area contributed by atoms with Crippen LogP contribution in [0.3, 0.4) is 0 Å². The average molecular weight is 353 g/mol. The van der Waals surface area contributed by atoms with Crippen molar-refractivity contribution in [3.63, 3.8) is 0 Å². The summed E-state index contributed by atoms with van der Waals surface area (Å²) in [6.45, 7) is 2.39. The smallest absolute Gasteiger partial charge is 0.309 e. The van der Waals surface area contributed by atoms with Gasteiger partial charge >= 0.3 is 5.97 Å². The van der Waals surface area contributed by atoms with Gasteiger partial charge < -0.3 is 10.0 Å². The van der Waals surface area contributed by atoms with E-state index in [1.807, 2.05) is 18.2 Å². The first-order chi connectivity index (χ1) is 12.5. The number of likely N-dealkylation sites (tertiary alicyclic amines) is 2. The van der Waals surface area contributed by atoms with Gasteiger partial charge in [-0.2, -0.15) is 0 Å². The van der Waals surface area contributed by atoms with E-state index < -0.39 is 17.4 Å². The number of hydrogen-bond donors (Lipinski definition) is 1. The van der Waals surface area contributed by atoms with Crippen molar-refractivity contribution in [3.8, 4) is 0 Å². The van der Waals surface area contributed by atoms with Crippen molar-refractivity contribution in [2.75, 3.05) is 20.1 Å². The van der Waals surface area contributed by atoms with Crippen LogP contribution in [0.5, 0.6) is 0 Å². The number of carboxylic acid groups (broad SMARTS) is 1. The fraction of sp³-hybridized carbons (Fsp3) is 0.450. The largest absolute Gasteiger partial charge is 0.481 e. The molecule has 2 aliphatic heterocycles. The molecule has 1 atom stereocenters. The van der Waals surface area contributed by atoms with Gasteiger partial charge in [0.1, 0.15) is 0 Å². The Hall–Kier alpha value is -2.47. The van der Waals surface area contributed by atoms with Gasteiger partial charge in [-0.15, -0.1) is 0 Å². The molecule has 1 aromatic carbocycles. The Bertz CT molecular complexity index is 853. The van der Waals surface area contributed by atoms with Gasteiger partial charge in [0.05, 0.1) is 17.0 Å². The topological polar surface area (TPSA) is 73.7 Å². The summed E-state index contributed by atoms with van der Waals surface area (Å²) in [4.78, 5) is 32.3. The molecule has 3 heterocycles. The summed E-state index contributed by atoms with van der Waals surface area (Å²) in [7, 11) is 1.76. The zero-order chi connectivity index (χ0) is 18.3. The van der Waals surface area contributed by atoms with Gasteiger partial charge in [-0.05, 0) is 30.5 Å². The van der Waals surface area contributed by atoms with Crippen LogP contribution in [-0.2, 0) is 16.1 Å². The molecule has 1 aromatic heterocycles. The van der Waals surface area contributed by atoms with Crippen LogP contribution < -0.4 is 0 Å². The van der Waals surface area contributed by atoms with Crippen LogP contribution >= 0.6 is 0 Å². The van der Waals surface area contributed by atoms with Crippen molar-refractivity contribution in [3.05, 3.63) is 42.1 Å². The first kappa shape index (κ1) is 17.0. The second-order valence-electron chi connectivity index (χ2n) is 7.41. The summed E-state index contributed by atoms with van der Waals surface area (Å²) in [5.41, 5.74) is 1.70. The molecule has 0 bridgehead atoms. The fourth-order valence-corrected chi connectivity index (χ4v) is 4.63. The summed E-state index contributed by atoms with van der Waals surface area (Å²) in [6.07, 6.45) is 3.33. The highest BCUT2D eigenvalue weighted by Gasteiger charge is 2.55. The Labute approximate surface area is 152 Å². The Kier molecular flexibility index (Phi) is 4.15. The molecule has 2 saturated heterocycles. The normalized spacial score (nSPS) is 23.0. The molecule has 136 valence electrons. The predicted octanol–water partition coefficient (Wildman–Crippen LogP) is 2.13. The Balaban J connectivity index is 1.51. The predicted molar refractivity (Wildman–Crippen MR) is 97.5 cm³/mol. The molecule has 1 unspecified atom stereocenters. The SMILES string of the molecule is CN1C(=O)CC(C(=O)O)C12CCN(Cc1cccc3ncccc13)CC2. The molecule has 0 aliphatic carbocycles. The molecule has 2 aliphatic rings. The van der Waals surface area contributed by atoms with E-state index in [-0.39, 0.29) is 12.3 Å². The van der Waals surface area contributed by atoms with Gasteiger partial charge in [0, 0.05) is 44.7 Å². The van der Waals surface area contributed by atoms with E-state index in [0.717, 1.165) is 30.5 Å². The number of fused-ring (bicyclic) bond motifs is 1. The highest BCUT2D eigenvalue weighted by Crippen LogP contribution is 2.43. The summed E-state index contributed by atoms with van der Waals surface area (Å²) < 4.78 is 0. The third-order valence-corrected chi connectivity index (χ3v) is 6.22. The number of pyridine rings is 1. The molecule has 0 saturated carbocycles. The van der Waals surface area contributed by atoms with Crippen molar-refractivity contribution >= 4 is 22.8 Å². The number of carboxylic acids is 1. The molecule has 2 fully saturated rings. The molecule has 0 radical (unpaired) electrons. The van der Waals surface area contributed by atoms with Gasteiger partial charge in [0.25, 0.3) is 0 Å². The number of carbonyl (C=O) groups is 2. The van der Waals surface area contributed by atoms with Crippen molar-refractivity contribution < 1.29 is 14.7 Å². The number of hydrogen-bond acceptors (Lipinski definition) is 4. The van der Waals surface area contributed by atoms with E-state index in [0.29, 0.717) is 12.8 Å². The van der Waals surface area contributed by atoms with Gasteiger partial charge in [-0.1, -0.05) is 18.2 Å². The summed E-state index contributed by atoms with van der Waals surface area (Å²) in [5, 5.41) is 10.7. The second kappa shape index (κ2) is 6.36. The minimum absolute atomic E-state index is 0.0500. The van der Waals surface area contributed by atoms with Crippen LogP contribution in [0.25, 0.3) is 10.9 Å². The van der Waals surface area contributed by atoms with Crippen LogP contribution in [0.2, 0.25) is 0 Å². The summed E-state index contributed by atoms with van der Waals surface area (Å²) >= 11 is 0. The lowest BCUT2D eigenvalue weighted by Gasteiger charge is -2.45. The standard InChI is InChI=1S/C20H23N3O3/c1-22-18(24)12-16(19(25)26)20(22)7-10-23(11-8-20)13-14-4-2-6-17-15(14)5-3-9-21-17/h2-6,9,16H,7-8,10-13H2,1H3,(H,25,26). The number of nitrogens with zero attached hydrogens (tertiary/aromatic N) is 3. The van der Waals surface area contributed by atoms with Crippen molar-refractivity contribution in [2.45, 2.75) is 31.3 Å². The van der Waals surface area contributed by atoms with E-state index >= 15 is 0 Å². The maximum absolute atomic E-state index is 12.1. The van der Waals surface area contributed by atoms with Crippen LogP contribution in [0, 0.1) is 5.92 Å². The van der Waals surface area contributed by atoms with Gasteiger partial charge in [0.15, 0.2) is 0 Å². The number of amides is 1. The number of piperidine rings is 1. The van der Waals surface area contributed by atoms with Crippen LogP contribution in [-0.4, -0.2) is 57.4 Å². The maximum Gasteiger partial charge on any atom is 0.309 e. The minimum atomic E-state index is -0.851. The van der Waals surface area contributed by atoms with Gasteiger partial charge in [-0.3, -0.25) is 19.5 Å². The van der Waals surface area contributed by atoms with Crippen molar-refractivity contribution in [1.82, 2.24) is 14.8 Å². The van der Waals surface area contributed by atoms with Gasteiger partial charge in [0.2, 0.25) is 5.91 Å². The third kappa shape index (κ3) is 2.65. The molecule has 6 nitrogen and oxygen atoms in total. The molecule has 1 spiro atoms. The lowest BCUT2D eigenvalue weighted by atomic mass is 9.77. The van der Waals surface area contributed by atoms with Crippen LogP contribution in [0.15, 0.2) is 36.5 Å². The molecular weight excluding hydrogens is 330 g/mol. The molecule has 1 amide bonds. The maximum atomic E-state index is 12.1. The number of aliphatic carboxylic acids is 1. The van der Waals surface area contributed by atoms with Gasteiger partial charge in [-0.25, -0.2) is 0 Å².